The number of carboxylic acid groups (broad SMARTS) is 1. The van der Waals surface area contributed by atoms with E-state index in [-0.39, 0.29) is 5.57 Å². The molecule has 0 radical (unpaired) electrons. The molecule has 106 valence electrons. The van der Waals surface area contributed by atoms with Gasteiger partial charge in [0.2, 0.25) is 0 Å². The topological polar surface area (TPSA) is 66.0 Å². The lowest BCUT2D eigenvalue weighted by molar-refractivity contribution is -0.132. The van der Waals surface area contributed by atoms with Crippen molar-refractivity contribution in [3.63, 3.8) is 0 Å². The fourth-order valence-corrected chi connectivity index (χ4v) is 2.42. The molecule has 4 nitrogen and oxygen atoms in total. The van der Waals surface area contributed by atoms with E-state index in [2.05, 4.69) is 4.57 Å². The molecular formula is C17H16N2O2. The zero-order valence-corrected chi connectivity index (χ0v) is 12.2. The summed E-state index contributed by atoms with van der Waals surface area (Å²) in [7, 11) is 0. The van der Waals surface area contributed by atoms with Gasteiger partial charge in [-0.15, -0.1) is 0 Å². The molecule has 0 saturated carbocycles. The monoisotopic (exact) mass is 280 g/mol. The Hall–Kier alpha value is -2.80. The summed E-state index contributed by atoms with van der Waals surface area (Å²) < 4.78 is 2.07. The predicted molar refractivity (Wildman–Crippen MR) is 81.2 cm³/mol. The Kier molecular flexibility index (Phi) is 3.95. The van der Waals surface area contributed by atoms with Crippen LogP contribution in [0.4, 0.5) is 0 Å². The summed E-state index contributed by atoms with van der Waals surface area (Å²) in [6, 6.07) is 11.6. The minimum absolute atomic E-state index is 0.264. The molecule has 1 aromatic heterocycles. The van der Waals surface area contributed by atoms with Gasteiger partial charge < -0.3 is 9.67 Å². The Balaban J connectivity index is 2.62. The Morgan fingerprint density at radius 3 is 2.52 bits per heavy atom. The van der Waals surface area contributed by atoms with Gasteiger partial charge in [-0.1, -0.05) is 18.2 Å². The van der Waals surface area contributed by atoms with Crippen LogP contribution in [-0.2, 0) is 4.79 Å². The van der Waals surface area contributed by atoms with Crippen molar-refractivity contribution < 1.29 is 9.90 Å². The zero-order valence-electron chi connectivity index (χ0n) is 12.2. The Bertz CT molecular complexity index is 777. The van der Waals surface area contributed by atoms with Crippen molar-refractivity contribution in [1.82, 2.24) is 4.57 Å². The molecule has 4 heteroatoms. The maximum absolute atomic E-state index is 11.0. The molecule has 21 heavy (non-hydrogen) atoms. The van der Waals surface area contributed by atoms with Crippen LogP contribution in [0.25, 0.3) is 11.8 Å². The number of carboxylic acids is 1. The van der Waals surface area contributed by atoms with Gasteiger partial charge in [-0.25, -0.2) is 4.79 Å². The first-order chi connectivity index (χ1) is 9.95. The van der Waals surface area contributed by atoms with Crippen molar-refractivity contribution in [3.8, 4) is 11.8 Å². The van der Waals surface area contributed by atoms with Gasteiger partial charge in [-0.2, -0.15) is 5.26 Å². The van der Waals surface area contributed by atoms with E-state index in [4.69, 9.17) is 10.4 Å². The van der Waals surface area contributed by atoms with Gasteiger partial charge in [0.1, 0.15) is 11.6 Å². The number of benzene rings is 1. The van der Waals surface area contributed by atoms with Gasteiger partial charge in [0, 0.05) is 17.1 Å². The maximum Gasteiger partial charge on any atom is 0.346 e. The number of aromatic nitrogens is 1. The first kappa shape index (κ1) is 14.6. The molecule has 0 amide bonds. The molecular weight excluding hydrogens is 264 g/mol. The zero-order chi connectivity index (χ0) is 15.6. The number of aliphatic carboxylic acids is 1. The Labute approximate surface area is 123 Å². The molecule has 0 aliphatic heterocycles. The van der Waals surface area contributed by atoms with Gasteiger partial charge >= 0.3 is 5.97 Å². The van der Waals surface area contributed by atoms with Crippen LogP contribution < -0.4 is 0 Å². The minimum Gasteiger partial charge on any atom is -0.477 e. The fourth-order valence-electron chi connectivity index (χ4n) is 2.42. The van der Waals surface area contributed by atoms with E-state index < -0.39 is 5.97 Å². The third-order valence-electron chi connectivity index (χ3n) is 3.48. The lowest BCUT2D eigenvalue weighted by Crippen LogP contribution is -2.01. The third-order valence-corrected chi connectivity index (χ3v) is 3.48. The summed E-state index contributed by atoms with van der Waals surface area (Å²) in [6.07, 6.45) is 1.42. The van der Waals surface area contributed by atoms with Crippen molar-refractivity contribution in [2.75, 3.05) is 0 Å². The summed E-state index contributed by atoms with van der Waals surface area (Å²) >= 11 is 0. The lowest BCUT2D eigenvalue weighted by atomic mass is 10.1. The standard InChI is InChI=1S/C17H16N2O2/c1-11-6-4-5-7-16(11)19-12(2)8-14(13(19)3)9-15(10-18)17(20)21/h4-9H,1-3H3,(H,20,21)/b15-9-. The number of para-hydroxylation sites is 1. The van der Waals surface area contributed by atoms with E-state index in [1.807, 2.05) is 51.1 Å². The minimum atomic E-state index is -1.21. The average molecular weight is 280 g/mol. The SMILES string of the molecule is Cc1ccccc1-n1c(C)cc(/C=C(/C#N)C(=O)O)c1C. The summed E-state index contributed by atoms with van der Waals surface area (Å²) in [6.45, 7) is 5.91. The molecule has 0 unspecified atom stereocenters. The molecule has 0 spiro atoms. The van der Waals surface area contributed by atoms with Crippen LogP contribution in [0.15, 0.2) is 35.9 Å². The smallest absolute Gasteiger partial charge is 0.346 e. The molecule has 2 aromatic rings. The highest BCUT2D eigenvalue weighted by molar-refractivity contribution is 5.96. The largest absolute Gasteiger partial charge is 0.477 e. The molecule has 0 aliphatic rings. The molecule has 1 aromatic carbocycles. The van der Waals surface area contributed by atoms with E-state index in [9.17, 15) is 4.79 Å². The van der Waals surface area contributed by atoms with E-state index >= 15 is 0 Å². The molecule has 1 heterocycles. The number of hydrogen-bond donors (Lipinski definition) is 1. The summed E-state index contributed by atoms with van der Waals surface area (Å²) in [5, 5.41) is 17.8. The highest BCUT2D eigenvalue weighted by Crippen LogP contribution is 2.24. The van der Waals surface area contributed by atoms with Gasteiger partial charge in [-0.05, 0) is 50.1 Å². The summed E-state index contributed by atoms with van der Waals surface area (Å²) in [4.78, 5) is 11.0. The second kappa shape index (κ2) is 5.68. The molecule has 0 atom stereocenters. The Morgan fingerprint density at radius 2 is 1.95 bits per heavy atom. The number of carbonyl (C=O) groups is 1. The normalized spacial score (nSPS) is 11.2. The first-order valence-electron chi connectivity index (χ1n) is 6.55. The molecule has 2 rings (SSSR count). The number of nitriles is 1. The molecule has 0 fully saturated rings. The number of hydrogen-bond acceptors (Lipinski definition) is 2. The second-order valence-corrected chi connectivity index (χ2v) is 4.92. The average Bonchev–Trinajstić information content (AvgIpc) is 2.71. The number of rotatable bonds is 3. The van der Waals surface area contributed by atoms with Crippen LogP contribution >= 0.6 is 0 Å². The maximum atomic E-state index is 11.0. The highest BCUT2D eigenvalue weighted by atomic mass is 16.4. The lowest BCUT2D eigenvalue weighted by Gasteiger charge is -2.12. The van der Waals surface area contributed by atoms with Gasteiger partial charge in [-0.3, -0.25) is 0 Å². The van der Waals surface area contributed by atoms with Crippen LogP contribution in [0.3, 0.4) is 0 Å². The fraction of sp³-hybridized carbons (Fsp3) is 0.176. The van der Waals surface area contributed by atoms with E-state index in [1.54, 1.807) is 6.07 Å². The van der Waals surface area contributed by atoms with Crippen LogP contribution in [0.5, 0.6) is 0 Å². The summed E-state index contributed by atoms with van der Waals surface area (Å²) in [5.41, 5.74) is 4.58. The van der Waals surface area contributed by atoms with Crippen molar-refractivity contribution in [2.24, 2.45) is 0 Å². The van der Waals surface area contributed by atoms with Crippen LogP contribution in [0.1, 0.15) is 22.5 Å². The Morgan fingerprint density at radius 1 is 1.29 bits per heavy atom. The van der Waals surface area contributed by atoms with Crippen molar-refractivity contribution in [2.45, 2.75) is 20.8 Å². The van der Waals surface area contributed by atoms with E-state index in [0.717, 1.165) is 28.2 Å². The van der Waals surface area contributed by atoms with Crippen LogP contribution in [0.2, 0.25) is 0 Å². The molecule has 0 bridgehead atoms. The van der Waals surface area contributed by atoms with E-state index in [1.165, 1.54) is 6.08 Å². The molecule has 0 saturated heterocycles. The molecule has 0 aliphatic carbocycles. The van der Waals surface area contributed by atoms with Crippen molar-refractivity contribution >= 4 is 12.0 Å². The van der Waals surface area contributed by atoms with Gasteiger partial charge in [0.05, 0.1) is 0 Å². The molecule has 1 N–H and O–H groups in total. The summed E-state index contributed by atoms with van der Waals surface area (Å²) in [5.74, 6) is -1.21. The van der Waals surface area contributed by atoms with E-state index in [0.29, 0.717) is 0 Å². The van der Waals surface area contributed by atoms with Crippen molar-refractivity contribution in [3.05, 3.63) is 58.4 Å². The first-order valence-corrected chi connectivity index (χ1v) is 6.55. The predicted octanol–water partition coefficient (Wildman–Crippen LogP) is 3.39. The van der Waals surface area contributed by atoms with Crippen LogP contribution in [0, 0.1) is 32.1 Å². The quantitative estimate of drug-likeness (QED) is 0.692. The number of aryl methyl sites for hydroxylation is 2. The van der Waals surface area contributed by atoms with Gasteiger partial charge in [0.15, 0.2) is 0 Å². The van der Waals surface area contributed by atoms with Crippen molar-refractivity contribution in [1.29, 1.82) is 5.26 Å². The van der Waals surface area contributed by atoms with Gasteiger partial charge in [0.25, 0.3) is 0 Å². The second-order valence-electron chi connectivity index (χ2n) is 4.92. The van der Waals surface area contributed by atoms with Crippen LogP contribution in [-0.4, -0.2) is 15.6 Å². The number of nitrogens with zero attached hydrogens (tertiary/aromatic N) is 2. The third kappa shape index (κ3) is 2.72. The highest BCUT2D eigenvalue weighted by Gasteiger charge is 2.13.